The first-order chi connectivity index (χ1) is 8.72. The van der Waals surface area contributed by atoms with E-state index in [4.69, 9.17) is 0 Å². The number of amidine groups is 1. The van der Waals surface area contributed by atoms with Crippen LogP contribution in [-0.4, -0.2) is 29.3 Å². The van der Waals surface area contributed by atoms with Crippen LogP contribution >= 0.6 is 0 Å². The van der Waals surface area contributed by atoms with Crippen molar-refractivity contribution in [1.29, 1.82) is 0 Å². The van der Waals surface area contributed by atoms with Crippen LogP contribution in [0.4, 0.5) is 0 Å². The lowest BCUT2D eigenvalue weighted by molar-refractivity contribution is -0.134. The number of aliphatic imine (C=N–C) groups is 1. The Kier molecular flexibility index (Phi) is 3.97. The van der Waals surface area contributed by atoms with Gasteiger partial charge in [0.05, 0.1) is 0 Å². The van der Waals surface area contributed by atoms with Gasteiger partial charge in [-0.25, -0.2) is 0 Å². The Balaban J connectivity index is 2.17. The molecule has 1 aliphatic rings. The van der Waals surface area contributed by atoms with Gasteiger partial charge in [-0.3, -0.25) is 20.2 Å². The smallest absolute Gasteiger partial charge is 0.265 e. The maximum Gasteiger partial charge on any atom is 0.265 e. The fourth-order valence-corrected chi connectivity index (χ4v) is 1.90. The zero-order chi connectivity index (χ0) is 13.0. The molecule has 1 heterocycles. The molecular weight excluding hydrogens is 226 g/mol. The summed E-state index contributed by atoms with van der Waals surface area (Å²) in [6.07, 6.45) is 2.06. The molecule has 4 nitrogen and oxygen atoms in total. The number of rotatable bonds is 4. The topological polar surface area (TPSA) is 44.7 Å². The third-order valence-corrected chi connectivity index (χ3v) is 2.97. The van der Waals surface area contributed by atoms with Crippen molar-refractivity contribution in [2.45, 2.75) is 32.7 Å². The highest BCUT2D eigenvalue weighted by atomic mass is 16.2. The Hall–Kier alpha value is -1.84. The van der Waals surface area contributed by atoms with Gasteiger partial charge in [-0.1, -0.05) is 43.7 Å². The molecule has 96 valence electrons. The second-order valence-corrected chi connectivity index (χ2v) is 4.47. The molecule has 1 aromatic rings. The van der Waals surface area contributed by atoms with Gasteiger partial charge in [-0.05, 0) is 13.3 Å². The van der Waals surface area contributed by atoms with Crippen LogP contribution in [0.15, 0.2) is 35.3 Å². The number of hydrogen-bond acceptors (Lipinski definition) is 3. The van der Waals surface area contributed by atoms with Gasteiger partial charge < -0.3 is 0 Å². The van der Waals surface area contributed by atoms with Crippen LogP contribution in [0.3, 0.4) is 0 Å². The number of carbonyl (C=O) groups excluding carboxylic acids is 1. The predicted molar refractivity (Wildman–Crippen MR) is 72.2 cm³/mol. The van der Waals surface area contributed by atoms with E-state index in [1.807, 2.05) is 37.3 Å². The summed E-state index contributed by atoms with van der Waals surface area (Å²) in [5, 5.41) is 1.68. The van der Waals surface area contributed by atoms with Gasteiger partial charge in [0.2, 0.25) is 0 Å². The van der Waals surface area contributed by atoms with Crippen molar-refractivity contribution in [1.82, 2.24) is 10.4 Å². The molecule has 0 spiro atoms. The van der Waals surface area contributed by atoms with Crippen LogP contribution in [0.25, 0.3) is 0 Å². The van der Waals surface area contributed by atoms with Crippen LogP contribution in [0.1, 0.15) is 32.3 Å². The fourth-order valence-electron chi connectivity index (χ4n) is 1.90. The van der Waals surface area contributed by atoms with Crippen molar-refractivity contribution in [3.63, 3.8) is 0 Å². The number of hydrogen-bond donors (Lipinski definition) is 1. The highest BCUT2D eigenvalue weighted by molar-refractivity contribution is 6.03. The number of unbranched alkanes of at least 4 members (excludes halogenated alkanes) is 1. The zero-order valence-corrected chi connectivity index (χ0v) is 10.9. The lowest BCUT2D eigenvalue weighted by atomic mass is 10.2. The van der Waals surface area contributed by atoms with Gasteiger partial charge in [0.25, 0.3) is 5.91 Å². The van der Waals surface area contributed by atoms with Gasteiger partial charge in [-0.2, -0.15) is 0 Å². The van der Waals surface area contributed by atoms with E-state index >= 15 is 0 Å². The number of nitrogens with zero attached hydrogens (tertiary/aromatic N) is 2. The number of benzene rings is 1. The normalized spacial score (nSPS) is 19.4. The molecule has 2 rings (SSSR count). The number of hydrazine groups is 1. The van der Waals surface area contributed by atoms with E-state index in [-0.39, 0.29) is 11.9 Å². The Labute approximate surface area is 108 Å². The first kappa shape index (κ1) is 12.6. The molecule has 0 aliphatic carbocycles. The summed E-state index contributed by atoms with van der Waals surface area (Å²) >= 11 is 0. The molecule has 1 aromatic carbocycles. The first-order valence-corrected chi connectivity index (χ1v) is 6.43. The van der Waals surface area contributed by atoms with Crippen molar-refractivity contribution in [2.24, 2.45) is 4.99 Å². The third kappa shape index (κ3) is 2.70. The molecule has 0 saturated carbocycles. The predicted octanol–water partition coefficient (Wildman–Crippen LogP) is 1.97. The van der Waals surface area contributed by atoms with Gasteiger partial charge in [0.15, 0.2) is 0 Å². The summed E-state index contributed by atoms with van der Waals surface area (Å²) < 4.78 is 0. The van der Waals surface area contributed by atoms with E-state index in [1.165, 1.54) is 0 Å². The molecule has 1 atom stereocenters. The van der Waals surface area contributed by atoms with Crippen LogP contribution < -0.4 is 5.43 Å². The largest absolute Gasteiger partial charge is 0.279 e. The van der Waals surface area contributed by atoms with E-state index < -0.39 is 0 Å². The maximum atomic E-state index is 12.0. The SMILES string of the molecule is CCCCN1NC(c2ccccc2)=N[C@@H](C)C1=O. The molecule has 0 radical (unpaired) electrons. The molecule has 0 saturated heterocycles. The highest BCUT2D eigenvalue weighted by Gasteiger charge is 2.26. The molecule has 1 amide bonds. The maximum absolute atomic E-state index is 12.0. The summed E-state index contributed by atoms with van der Waals surface area (Å²) in [7, 11) is 0. The Morgan fingerprint density at radius 2 is 2.06 bits per heavy atom. The van der Waals surface area contributed by atoms with Crippen LogP contribution in [0, 0.1) is 0 Å². The van der Waals surface area contributed by atoms with Crippen LogP contribution in [0.5, 0.6) is 0 Å². The third-order valence-electron chi connectivity index (χ3n) is 2.97. The van der Waals surface area contributed by atoms with Crippen LogP contribution in [-0.2, 0) is 4.79 Å². The minimum Gasteiger partial charge on any atom is -0.279 e. The van der Waals surface area contributed by atoms with E-state index in [1.54, 1.807) is 5.01 Å². The molecule has 1 N–H and O–H groups in total. The molecule has 4 heteroatoms. The summed E-state index contributed by atoms with van der Waals surface area (Å²) in [4.78, 5) is 16.4. The summed E-state index contributed by atoms with van der Waals surface area (Å²) in [6.45, 7) is 4.68. The van der Waals surface area contributed by atoms with Gasteiger partial charge >= 0.3 is 0 Å². The van der Waals surface area contributed by atoms with E-state index in [2.05, 4.69) is 17.3 Å². The molecular formula is C14H19N3O. The van der Waals surface area contributed by atoms with Gasteiger partial charge in [0, 0.05) is 12.1 Å². The van der Waals surface area contributed by atoms with Gasteiger partial charge in [-0.15, -0.1) is 0 Å². The van der Waals surface area contributed by atoms with E-state index in [0.29, 0.717) is 0 Å². The number of amides is 1. The molecule has 0 unspecified atom stereocenters. The van der Waals surface area contributed by atoms with Gasteiger partial charge in [0.1, 0.15) is 11.9 Å². The first-order valence-electron chi connectivity index (χ1n) is 6.43. The second-order valence-electron chi connectivity index (χ2n) is 4.47. The van der Waals surface area contributed by atoms with Crippen molar-refractivity contribution < 1.29 is 4.79 Å². The second kappa shape index (κ2) is 5.67. The quantitative estimate of drug-likeness (QED) is 0.881. The average molecular weight is 245 g/mol. The van der Waals surface area contributed by atoms with Crippen molar-refractivity contribution in [3.05, 3.63) is 35.9 Å². The Morgan fingerprint density at radius 3 is 2.72 bits per heavy atom. The minimum atomic E-state index is -0.307. The summed E-state index contributed by atoms with van der Waals surface area (Å²) in [6, 6.07) is 9.58. The number of nitrogens with one attached hydrogen (secondary N) is 1. The molecule has 0 fully saturated rings. The molecule has 0 aromatic heterocycles. The molecule has 1 aliphatic heterocycles. The summed E-state index contributed by atoms with van der Waals surface area (Å²) in [5.41, 5.74) is 4.13. The molecule has 18 heavy (non-hydrogen) atoms. The monoisotopic (exact) mass is 245 g/mol. The average Bonchev–Trinajstić information content (AvgIpc) is 2.41. The highest BCUT2D eigenvalue weighted by Crippen LogP contribution is 2.10. The minimum absolute atomic E-state index is 0.0446. The lowest BCUT2D eigenvalue weighted by Gasteiger charge is -2.31. The zero-order valence-electron chi connectivity index (χ0n) is 10.9. The summed E-state index contributed by atoms with van der Waals surface area (Å²) in [5.74, 6) is 0.821. The van der Waals surface area contributed by atoms with Crippen molar-refractivity contribution in [3.8, 4) is 0 Å². The lowest BCUT2D eigenvalue weighted by Crippen LogP contribution is -2.54. The van der Waals surface area contributed by atoms with Crippen molar-refractivity contribution in [2.75, 3.05) is 6.54 Å². The van der Waals surface area contributed by atoms with E-state index in [9.17, 15) is 4.79 Å². The van der Waals surface area contributed by atoms with Crippen molar-refractivity contribution >= 4 is 11.7 Å². The fraction of sp³-hybridized carbons (Fsp3) is 0.429. The van der Waals surface area contributed by atoms with E-state index in [0.717, 1.165) is 30.8 Å². The molecule has 0 bridgehead atoms. The standard InChI is InChI=1S/C14H19N3O/c1-3-4-10-17-14(18)11(2)15-13(16-17)12-8-6-5-7-9-12/h5-9,11H,3-4,10H2,1-2H3,(H,15,16)/t11-/m0/s1. The Bertz CT molecular complexity index is 442. The number of carbonyl (C=O) groups is 1. The Morgan fingerprint density at radius 1 is 1.33 bits per heavy atom. The van der Waals surface area contributed by atoms with Crippen LogP contribution in [0.2, 0.25) is 0 Å².